The Hall–Kier alpha value is -0.280. The molecule has 1 atom stereocenters. The molecular formula is C31H58O2S. The van der Waals surface area contributed by atoms with Gasteiger partial charge in [0.05, 0.1) is 0 Å². The summed E-state index contributed by atoms with van der Waals surface area (Å²) >= 11 is 2.01. The summed E-state index contributed by atoms with van der Waals surface area (Å²) in [5.74, 6) is 4.59. The number of aliphatic hydroxyl groups excluding tert-OH is 1. The minimum atomic E-state index is 0.236. The van der Waals surface area contributed by atoms with Crippen LogP contribution in [0.3, 0.4) is 0 Å². The lowest BCUT2D eigenvalue weighted by atomic mass is 9.70. The lowest BCUT2D eigenvalue weighted by Crippen LogP contribution is -2.27. The molecule has 0 saturated heterocycles. The minimum absolute atomic E-state index is 0.236. The van der Waals surface area contributed by atoms with Gasteiger partial charge in [-0.25, -0.2) is 0 Å². The van der Waals surface area contributed by atoms with Gasteiger partial charge >= 0.3 is 0 Å². The first-order valence-electron chi connectivity index (χ1n) is 14.8. The maximum atomic E-state index is 11.5. The SMILES string of the molecule is C1CCC2CCCCC2C1.CC(=O)CC1(C2=CC(C)CS2)CCCCC1.CCCCCC.CO. The van der Waals surface area contributed by atoms with Crippen LogP contribution in [-0.4, -0.2) is 23.8 Å². The van der Waals surface area contributed by atoms with E-state index in [1.165, 1.54) is 94.1 Å². The molecule has 1 heterocycles. The first kappa shape index (κ1) is 31.7. The largest absolute Gasteiger partial charge is 0.400 e. The third-order valence-corrected chi connectivity index (χ3v) is 9.85. The van der Waals surface area contributed by atoms with Crippen LogP contribution >= 0.6 is 11.8 Å². The van der Waals surface area contributed by atoms with Crippen molar-refractivity contribution in [2.75, 3.05) is 12.9 Å². The number of allylic oxidation sites excluding steroid dienone is 2. The number of fused-ring (bicyclic) bond motifs is 1. The van der Waals surface area contributed by atoms with Gasteiger partial charge in [0.25, 0.3) is 0 Å². The van der Waals surface area contributed by atoms with Crippen LogP contribution in [0.1, 0.15) is 143 Å². The molecule has 0 aromatic carbocycles. The fourth-order valence-corrected chi connectivity index (χ4v) is 7.93. The van der Waals surface area contributed by atoms with Crippen molar-refractivity contribution in [3.05, 3.63) is 11.0 Å². The van der Waals surface area contributed by atoms with Crippen LogP contribution in [0.2, 0.25) is 0 Å². The zero-order valence-corrected chi connectivity index (χ0v) is 24.3. The van der Waals surface area contributed by atoms with Crippen molar-refractivity contribution in [2.45, 2.75) is 143 Å². The average Bonchev–Trinajstić information content (AvgIpc) is 3.32. The molecule has 4 rings (SSSR count). The molecule has 2 nitrogen and oxygen atoms in total. The number of hydrogen-bond donors (Lipinski definition) is 1. The van der Waals surface area contributed by atoms with E-state index in [-0.39, 0.29) is 5.41 Å². The molecule has 0 amide bonds. The first-order chi connectivity index (χ1) is 16.5. The van der Waals surface area contributed by atoms with Crippen molar-refractivity contribution >= 4 is 17.5 Å². The van der Waals surface area contributed by atoms with Crippen LogP contribution in [0, 0.1) is 23.2 Å². The highest BCUT2D eigenvalue weighted by Crippen LogP contribution is 2.52. The van der Waals surface area contributed by atoms with E-state index in [9.17, 15) is 4.79 Å². The van der Waals surface area contributed by atoms with E-state index in [1.807, 2.05) is 11.8 Å². The smallest absolute Gasteiger partial charge is 0.130 e. The molecule has 3 heteroatoms. The Labute approximate surface area is 217 Å². The van der Waals surface area contributed by atoms with Crippen LogP contribution in [-0.2, 0) is 4.79 Å². The molecule has 0 spiro atoms. The minimum Gasteiger partial charge on any atom is -0.400 e. The van der Waals surface area contributed by atoms with E-state index in [4.69, 9.17) is 5.11 Å². The second-order valence-corrected chi connectivity index (χ2v) is 12.4. The highest BCUT2D eigenvalue weighted by atomic mass is 32.2. The molecule has 3 aliphatic carbocycles. The molecule has 34 heavy (non-hydrogen) atoms. The first-order valence-corrected chi connectivity index (χ1v) is 15.8. The number of unbranched alkanes of at least 4 members (excludes halogenated alkanes) is 3. The predicted molar refractivity (Wildman–Crippen MR) is 152 cm³/mol. The van der Waals surface area contributed by atoms with Crippen molar-refractivity contribution in [3.8, 4) is 0 Å². The molecule has 4 aliphatic rings. The van der Waals surface area contributed by atoms with Crippen molar-refractivity contribution in [1.29, 1.82) is 0 Å². The third-order valence-electron chi connectivity index (χ3n) is 8.28. The molecule has 0 bridgehead atoms. The number of ketones is 1. The molecular weight excluding hydrogens is 436 g/mol. The molecule has 3 saturated carbocycles. The Morgan fingerprint density at radius 2 is 1.35 bits per heavy atom. The zero-order chi connectivity index (χ0) is 25.2. The van der Waals surface area contributed by atoms with Gasteiger partial charge in [-0.05, 0) is 42.4 Å². The van der Waals surface area contributed by atoms with E-state index in [0.29, 0.717) is 11.7 Å². The molecule has 1 unspecified atom stereocenters. The Balaban J connectivity index is 0.000000274. The summed E-state index contributed by atoms with van der Waals surface area (Å²) in [7, 11) is 1.00. The molecule has 200 valence electrons. The van der Waals surface area contributed by atoms with Crippen LogP contribution in [0.4, 0.5) is 0 Å². The predicted octanol–water partition coefficient (Wildman–Crippen LogP) is 9.74. The summed E-state index contributed by atoms with van der Waals surface area (Å²) in [5.41, 5.74) is 0.236. The van der Waals surface area contributed by atoms with E-state index in [0.717, 1.165) is 25.4 Å². The lowest BCUT2D eigenvalue weighted by molar-refractivity contribution is -0.119. The highest BCUT2D eigenvalue weighted by Gasteiger charge is 2.38. The lowest BCUT2D eigenvalue weighted by Gasteiger charge is -2.37. The number of carbonyl (C=O) groups excluding carboxylic acids is 1. The van der Waals surface area contributed by atoms with Crippen molar-refractivity contribution in [2.24, 2.45) is 23.2 Å². The van der Waals surface area contributed by atoms with Crippen molar-refractivity contribution in [1.82, 2.24) is 0 Å². The number of carbonyl (C=O) groups is 1. The standard InChI is InChI=1S/C14H22OS.C10H18.C6H14.CH4O/c1-11-8-13(16-10-11)14(9-12(2)15)6-4-3-5-7-14;1-2-6-10-8-4-3-7-9(10)5-1;1-3-5-6-4-2;1-2/h8,11H,3-7,9-10H2,1-2H3;9-10H,1-8H2;3-6H2,1-2H3;2H,1H3. The van der Waals surface area contributed by atoms with Gasteiger partial charge in [-0.15, -0.1) is 11.8 Å². The number of hydrogen-bond acceptors (Lipinski definition) is 3. The fraction of sp³-hybridized carbons (Fsp3) is 0.903. The van der Waals surface area contributed by atoms with Gasteiger partial charge in [-0.3, -0.25) is 4.79 Å². The maximum absolute atomic E-state index is 11.5. The van der Waals surface area contributed by atoms with Gasteiger partial charge < -0.3 is 5.11 Å². The Kier molecular flexibility index (Phi) is 17.7. The number of aliphatic hydroxyl groups is 1. The fourth-order valence-electron chi connectivity index (χ4n) is 6.48. The zero-order valence-electron chi connectivity index (χ0n) is 23.5. The van der Waals surface area contributed by atoms with Crippen molar-refractivity contribution in [3.63, 3.8) is 0 Å². The Morgan fingerprint density at radius 1 is 0.882 bits per heavy atom. The van der Waals surface area contributed by atoms with Gasteiger partial charge in [0, 0.05) is 24.7 Å². The van der Waals surface area contributed by atoms with Crippen molar-refractivity contribution < 1.29 is 9.90 Å². The average molecular weight is 495 g/mol. The van der Waals surface area contributed by atoms with Crippen LogP contribution in [0.25, 0.3) is 0 Å². The Bertz CT molecular complexity index is 520. The quantitative estimate of drug-likeness (QED) is 0.373. The monoisotopic (exact) mass is 494 g/mol. The molecule has 1 aliphatic heterocycles. The number of Topliss-reactive ketones (excluding diaryl/α,β-unsaturated/α-hetero) is 1. The summed E-state index contributed by atoms with van der Waals surface area (Å²) in [6.45, 7) is 8.50. The molecule has 0 radical (unpaired) electrons. The van der Waals surface area contributed by atoms with E-state index in [2.05, 4.69) is 26.8 Å². The number of thioether (sulfide) groups is 1. The molecule has 1 N–H and O–H groups in total. The van der Waals surface area contributed by atoms with E-state index < -0.39 is 0 Å². The van der Waals surface area contributed by atoms with Crippen LogP contribution < -0.4 is 0 Å². The highest BCUT2D eigenvalue weighted by molar-refractivity contribution is 8.03. The van der Waals surface area contributed by atoms with E-state index in [1.54, 1.807) is 32.6 Å². The van der Waals surface area contributed by atoms with Gasteiger partial charge in [0.2, 0.25) is 0 Å². The second kappa shape index (κ2) is 18.9. The van der Waals surface area contributed by atoms with Gasteiger partial charge in [-0.1, -0.05) is 123 Å². The maximum Gasteiger partial charge on any atom is 0.130 e. The summed E-state index contributed by atoms with van der Waals surface area (Å²) < 4.78 is 0. The second-order valence-electron chi connectivity index (χ2n) is 11.3. The Morgan fingerprint density at radius 3 is 1.71 bits per heavy atom. The number of rotatable bonds is 6. The molecule has 3 fully saturated rings. The molecule has 0 aromatic rings. The summed E-state index contributed by atoms with van der Waals surface area (Å²) in [5, 5.41) is 7.00. The molecule has 0 aromatic heterocycles. The summed E-state index contributed by atoms with van der Waals surface area (Å²) in [6.07, 6.45) is 27.5. The van der Waals surface area contributed by atoms with E-state index >= 15 is 0 Å². The summed E-state index contributed by atoms with van der Waals surface area (Å²) in [6, 6.07) is 0. The van der Waals surface area contributed by atoms with Gasteiger partial charge in [0.1, 0.15) is 5.78 Å². The topological polar surface area (TPSA) is 37.3 Å². The summed E-state index contributed by atoms with van der Waals surface area (Å²) in [4.78, 5) is 13.1. The normalized spacial score (nSPS) is 27.4. The third kappa shape index (κ3) is 11.6. The van der Waals surface area contributed by atoms with Crippen LogP contribution in [0.5, 0.6) is 0 Å². The van der Waals surface area contributed by atoms with Gasteiger partial charge in [0.15, 0.2) is 0 Å². The van der Waals surface area contributed by atoms with Crippen LogP contribution in [0.15, 0.2) is 11.0 Å². The van der Waals surface area contributed by atoms with Gasteiger partial charge in [-0.2, -0.15) is 0 Å².